The SMILES string of the molecule is Cn1cc(-c2ccccc2)c2c1[C@@H]1Oc3c(O)ccc4c3[C@@]13CCN(CC1CC1)[C@H](C4)[C@]3(O)C2. The molecular formula is C29H30N2O3. The molecule has 174 valence electrons. The van der Waals surface area contributed by atoms with Gasteiger partial charge in [-0.15, -0.1) is 0 Å². The van der Waals surface area contributed by atoms with Crippen LogP contribution in [0, 0.1) is 5.92 Å². The van der Waals surface area contributed by atoms with Crippen molar-refractivity contribution in [1.29, 1.82) is 0 Å². The second-order valence-corrected chi connectivity index (χ2v) is 11.3. The van der Waals surface area contributed by atoms with E-state index in [9.17, 15) is 10.2 Å². The van der Waals surface area contributed by atoms with Gasteiger partial charge in [-0.2, -0.15) is 0 Å². The van der Waals surface area contributed by atoms with E-state index in [0.717, 1.165) is 43.1 Å². The van der Waals surface area contributed by atoms with Crippen LogP contribution in [0.2, 0.25) is 0 Å². The maximum Gasteiger partial charge on any atom is 0.166 e. The van der Waals surface area contributed by atoms with Gasteiger partial charge in [0, 0.05) is 43.4 Å². The van der Waals surface area contributed by atoms with E-state index in [0.29, 0.717) is 12.2 Å². The zero-order valence-corrected chi connectivity index (χ0v) is 19.5. The standard InChI is InChI=1S/C29H30N2O3/c1-30-16-21(18-5-3-2-4-6-18)20-14-29(33)23-13-19-9-10-22(32)26-24(19)28(29,27(34-26)25(20)30)11-12-31(23)15-17-7-8-17/h2-6,9-10,16-17,23,27,32-33H,7-8,11-15H2,1H3/t23-,27+,28+,29-/m1/s1. The van der Waals surface area contributed by atoms with Crippen LogP contribution >= 0.6 is 0 Å². The van der Waals surface area contributed by atoms with E-state index in [4.69, 9.17) is 4.74 Å². The lowest BCUT2D eigenvalue weighted by molar-refractivity contribution is -0.173. The van der Waals surface area contributed by atoms with E-state index in [-0.39, 0.29) is 17.9 Å². The van der Waals surface area contributed by atoms with Crippen molar-refractivity contribution >= 4 is 0 Å². The van der Waals surface area contributed by atoms with E-state index < -0.39 is 11.0 Å². The number of aliphatic hydroxyl groups is 1. The van der Waals surface area contributed by atoms with Gasteiger partial charge in [-0.05, 0) is 60.9 Å². The van der Waals surface area contributed by atoms with Gasteiger partial charge >= 0.3 is 0 Å². The normalized spacial score (nSPS) is 32.8. The minimum Gasteiger partial charge on any atom is -0.504 e. The largest absolute Gasteiger partial charge is 0.504 e. The van der Waals surface area contributed by atoms with E-state index in [1.54, 1.807) is 6.07 Å². The first-order valence-electron chi connectivity index (χ1n) is 12.7. The summed E-state index contributed by atoms with van der Waals surface area (Å²) in [5.41, 5.74) is 5.58. The van der Waals surface area contributed by atoms with Crippen LogP contribution in [-0.4, -0.2) is 44.4 Å². The number of aromatic nitrogens is 1. The zero-order chi connectivity index (χ0) is 22.8. The van der Waals surface area contributed by atoms with Gasteiger partial charge in [-0.1, -0.05) is 36.4 Å². The Kier molecular flexibility index (Phi) is 3.60. The number of nitrogens with zero attached hydrogens (tertiary/aromatic N) is 2. The molecule has 3 aliphatic carbocycles. The molecule has 34 heavy (non-hydrogen) atoms. The van der Waals surface area contributed by atoms with Gasteiger partial charge in [-0.25, -0.2) is 0 Å². The molecule has 3 heterocycles. The predicted molar refractivity (Wildman–Crippen MR) is 129 cm³/mol. The van der Waals surface area contributed by atoms with Crippen molar-refractivity contribution in [3.05, 3.63) is 71.0 Å². The molecule has 4 atom stereocenters. The van der Waals surface area contributed by atoms with Crippen LogP contribution in [0.5, 0.6) is 11.5 Å². The van der Waals surface area contributed by atoms with Gasteiger partial charge in [0.1, 0.15) is 0 Å². The van der Waals surface area contributed by atoms with E-state index >= 15 is 0 Å². The molecule has 3 aromatic rings. The Bertz CT molecular complexity index is 1340. The summed E-state index contributed by atoms with van der Waals surface area (Å²) in [6, 6.07) is 14.4. The van der Waals surface area contributed by atoms with Crippen molar-refractivity contribution in [3.63, 3.8) is 0 Å². The number of fused-ring (bicyclic) bond motifs is 2. The van der Waals surface area contributed by atoms with E-state index in [1.807, 2.05) is 6.07 Å². The molecule has 2 N–H and O–H groups in total. The fourth-order valence-electron chi connectivity index (χ4n) is 8.01. The molecule has 8 rings (SSSR count). The quantitative estimate of drug-likeness (QED) is 0.626. The highest BCUT2D eigenvalue weighted by Gasteiger charge is 2.73. The third-order valence-corrected chi connectivity index (χ3v) is 9.63. The number of likely N-dealkylation sites (tertiary alicyclic amines) is 1. The first-order valence-corrected chi connectivity index (χ1v) is 12.7. The lowest BCUT2D eigenvalue weighted by atomic mass is 9.49. The van der Waals surface area contributed by atoms with Gasteiger partial charge in [0.05, 0.1) is 16.7 Å². The van der Waals surface area contributed by atoms with E-state index in [1.165, 1.54) is 35.1 Å². The molecule has 1 spiro atoms. The molecule has 5 nitrogen and oxygen atoms in total. The molecule has 2 bridgehead atoms. The number of hydrogen-bond donors (Lipinski definition) is 2. The first kappa shape index (κ1) is 19.5. The summed E-state index contributed by atoms with van der Waals surface area (Å²) in [6.45, 7) is 2.06. The summed E-state index contributed by atoms with van der Waals surface area (Å²) in [6.07, 6.45) is 6.82. The number of aromatic hydroxyl groups is 1. The Morgan fingerprint density at radius 1 is 1.12 bits per heavy atom. The molecule has 1 aromatic heterocycles. The maximum atomic E-state index is 12.9. The fraction of sp³-hybridized carbons (Fsp3) is 0.448. The molecular weight excluding hydrogens is 424 g/mol. The first-order chi connectivity index (χ1) is 16.5. The van der Waals surface area contributed by atoms with Crippen LogP contribution in [0.4, 0.5) is 0 Å². The molecule has 0 radical (unpaired) electrons. The topological polar surface area (TPSA) is 57.9 Å². The van der Waals surface area contributed by atoms with Gasteiger partial charge < -0.3 is 19.5 Å². The summed E-state index contributed by atoms with van der Waals surface area (Å²) < 4.78 is 8.92. The number of benzene rings is 2. The van der Waals surface area contributed by atoms with Crippen molar-refractivity contribution in [2.45, 2.75) is 55.3 Å². The second kappa shape index (κ2) is 6.27. The number of rotatable bonds is 3. The third-order valence-electron chi connectivity index (χ3n) is 9.63. The average molecular weight is 455 g/mol. The molecule has 1 saturated carbocycles. The second-order valence-electron chi connectivity index (χ2n) is 11.3. The minimum atomic E-state index is -0.936. The van der Waals surface area contributed by atoms with Crippen molar-refractivity contribution in [3.8, 4) is 22.6 Å². The molecule has 5 aliphatic rings. The molecule has 0 unspecified atom stereocenters. The zero-order valence-electron chi connectivity index (χ0n) is 19.5. The lowest BCUT2D eigenvalue weighted by Gasteiger charge is -2.63. The highest BCUT2D eigenvalue weighted by molar-refractivity contribution is 5.72. The van der Waals surface area contributed by atoms with Crippen LogP contribution in [0.1, 0.15) is 47.8 Å². The summed E-state index contributed by atoms with van der Waals surface area (Å²) >= 11 is 0. The van der Waals surface area contributed by atoms with E-state index in [2.05, 4.69) is 53.0 Å². The number of aryl methyl sites for hydroxylation is 1. The molecule has 1 saturated heterocycles. The Hall–Kier alpha value is -2.76. The monoisotopic (exact) mass is 454 g/mol. The third kappa shape index (κ3) is 2.19. The smallest absolute Gasteiger partial charge is 0.166 e. The Morgan fingerprint density at radius 3 is 2.74 bits per heavy atom. The van der Waals surface area contributed by atoms with Crippen LogP contribution in [0.3, 0.4) is 0 Å². The van der Waals surface area contributed by atoms with Crippen molar-refractivity contribution < 1.29 is 14.9 Å². The summed E-state index contributed by atoms with van der Waals surface area (Å²) in [7, 11) is 2.10. The van der Waals surface area contributed by atoms with Gasteiger partial charge in [0.15, 0.2) is 17.6 Å². The number of hydrogen-bond acceptors (Lipinski definition) is 4. The Balaban J connectivity index is 1.39. The highest BCUT2D eigenvalue weighted by Crippen LogP contribution is 2.69. The molecule has 2 fully saturated rings. The number of phenolic OH excluding ortho intramolecular Hbond substituents is 1. The maximum absolute atomic E-state index is 12.9. The van der Waals surface area contributed by atoms with Crippen molar-refractivity contribution in [1.82, 2.24) is 9.47 Å². The van der Waals surface area contributed by atoms with Crippen molar-refractivity contribution in [2.24, 2.45) is 13.0 Å². The number of ether oxygens (including phenoxy) is 1. The fourth-order valence-corrected chi connectivity index (χ4v) is 8.01. The highest BCUT2D eigenvalue weighted by atomic mass is 16.5. The number of phenols is 1. The molecule has 2 aliphatic heterocycles. The van der Waals surface area contributed by atoms with Crippen LogP contribution in [0.25, 0.3) is 11.1 Å². The molecule has 5 heteroatoms. The summed E-state index contributed by atoms with van der Waals surface area (Å²) in [5, 5.41) is 23.8. The molecule has 0 amide bonds. The van der Waals surface area contributed by atoms with Gasteiger partial charge in [0.25, 0.3) is 0 Å². The van der Waals surface area contributed by atoms with Crippen LogP contribution in [0.15, 0.2) is 48.7 Å². The number of piperidine rings is 1. The van der Waals surface area contributed by atoms with Gasteiger partial charge in [0.2, 0.25) is 0 Å². The van der Waals surface area contributed by atoms with Crippen LogP contribution in [-0.2, 0) is 25.3 Å². The predicted octanol–water partition coefficient (Wildman–Crippen LogP) is 4.10. The van der Waals surface area contributed by atoms with Crippen LogP contribution < -0.4 is 4.74 Å². The summed E-state index contributed by atoms with van der Waals surface area (Å²) in [5.74, 6) is 1.58. The summed E-state index contributed by atoms with van der Waals surface area (Å²) in [4.78, 5) is 2.59. The average Bonchev–Trinajstić information content (AvgIpc) is 3.49. The van der Waals surface area contributed by atoms with Crippen molar-refractivity contribution in [2.75, 3.05) is 13.1 Å². The van der Waals surface area contributed by atoms with Gasteiger partial charge in [-0.3, -0.25) is 4.90 Å². The molecule has 2 aromatic carbocycles. The lowest BCUT2D eigenvalue weighted by Crippen LogP contribution is -2.74. The minimum absolute atomic E-state index is 0.0629. The Labute approximate surface area is 199 Å². The Morgan fingerprint density at radius 2 is 1.94 bits per heavy atom.